The van der Waals surface area contributed by atoms with Crippen molar-refractivity contribution in [3.8, 4) is 0 Å². The number of hydrogen-bond acceptors (Lipinski definition) is 1. The fourth-order valence-electron chi connectivity index (χ4n) is 2.74. The molecule has 2 heteroatoms. The Morgan fingerprint density at radius 3 is 2.47 bits per heavy atom. The van der Waals surface area contributed by atoms with Gasteiger partial charge in [-0.1, -0.05) is 37.3 Å². The second kappa shape index (κ2) is 4.91. The van der Waals surface area contributed by atoms with Crippen molar-refractivity contribution in [1.29, 1.82) is 0 Å². The maximum absolute atomic E-state index is 12.4. The van der Waals surface area contributed by atoms with Crippen molar-refractivity contribution in [3.05, 3.63) is 35.9 Å². The van der Waals surface area contributed by atoms with Gasteiger partial charge in [-0.05, 0) is 31.7 Å². The van der Waals surface area contributed by atoms with Crippen molar-refractivity contribution >= 4 is 5.91 Å². The molecule has 1 aromatic rings. The first kappa shape index (κ1) is 12.2. The fourth-order valence-corrected chi connectivity index (χ4v) is 2.74. The maximum atomic E-state index is 12.4. The third-order valence-corrected chi connectivity index (χ3v) is 3.74. The fraction of sp³-hybridized carbons (Fsp3) is 0.533. The third kappa shape index (κ3) is 2.51. The Bertz CT molecular complexity index is 387. The Labute approximate surface area is 104 Å². The lowest BCUT2D eigenvalue weighted by Crippen LogP contribution is -2.36. The molecule has 0 spiro atoms. The van der Waals surface area contributed by atoms with Gasteiger partial charge in [0.15, 0.2) is 0 Å². The minimum Gasteiger partial charge on any atom is -0.339 e. The van der Waals surface area contributed by atoms with Crippen molar-refractivity contribution in [2.24, 2.45) is 5.92 Å². The number of nitrogens with zero attached hydrogens (tertiary/aromatic N) is 1. The van der Waals surface area contributed by atoms with Gasteiger partial charge < -0.3 is 4.90 Å². The summed E-state index contributed by atoms with van der Waals surface area (Å²) >= 11 is 0. The van der Waals surface area contributed by atoms with E-state index in [2.05, 4.69) is 13.8 Å². The number of rotatable bonds is 2. The Morgan fingerprint density at radius 2 is 1.94 bits per heavy atom. The lowest BCUT2D eigenvalue weighted by molar-refractivity contribution is -0.133. The first-order valence-corrected chi connectivity index (χ1v) is 6.45. The van der Waals surface area contributed by atoms with Crippen molar-refractivity contribution in [2.75, 3.05) is 6.54 Å². The van der Waals surface area contributed by atoms with Gasteiger partial charge >= 0.3 is 0 Å². The van der Waals surface area contributed by atoms with Gasteiger partial charge in [0.2, 0.25) is 5.91 Å². The molecule has 1 fully saturated rings. The van der Waals surface area contributed by atoms with Crippen LogP contribution in [0.3, 0.4) is 0 Å². The highest BCUT2D eigenvalue weighted by atomic mass is 16.2. The van der Waals surface area contributed by atoms with E-state index in [1.54, 1.807) is 0 Å². The zero-order valence-corrected chi connectivity index (χ0v) is 10.9. The van der Waals surface area contributed by atoms with E-state index in [4.69, 9.17) is 0 Å². The van der Waals surface area contributed by atoms with Crippen molar-refractivity contribution < 1.29 is 4.79 Å². The minimum absolute atomic E-state index is 0.0241. The van der Waals surface area contributed by atoms with Gasteiger partial charge in [0.05, 0.1) is 5.92 Å². The van der Waals surface area contributed by atoms with E-state index in [9.17, 15) is 4.79 Å². The second-order valence-corrected chi connectivity index (χ2v) is 5.31. The Morgan fingerprint density at radius 1 is 1.29 bits per heavy atom. The molecule has 3 atom stereocenters. The third-order valence-electron chi connectivity index (χ3n) is 3.74. The number of likely N-dealkylation sites (tertiary alicyclic amines) is 1. The molecule has 0 N–H and O–H groups in total. The SMILES string of the molecule is CC1CC(C)N(C(=O)C(C)c2ccccc2)C1. The first-order chi connectivity index (χ1) is 8.09. The van der Waals surface area contributed by atoms with Crippen LogP contribution in [0.15, 0.2) is 30.3 Å². The van der Waals surface area contributed by atoms with Crippen molar-refractivity contribution in [1.82, 2.24) is 4.90 Å². The molecule has 1 amide bonds. The van der Waals surface area contributed by atoms with Gasteiger partial charge in [-0.25, -0.2) is 0 Å². The van der Waals surface area contributed by atoms with Gasteiger partial charge in [-0.15, -0.1) is 0 Å². The maximum Gasteiger partial charge on any atom is 0.230 e. The van der Waals surface area contributed by atoms with Crippen LogP contribution in [-0.2, 0) is 4.79 Å². The van der Waals surface area contributed by atoms with E-state index >= 15 is 0 Å². The second-order valence-electron chi connectivity index (χ2n) is 5.31. The van der Waals surface area contributed by atoms with E-state index in [-0.39, 0.29) is 11.8 Å². The summed E-state index contributed by atoms with van der Waals surface area (Å²) in [7, 11) is 0. The first-order valence-electron chi connectivity index (χ1n) is 6.45. The molecule has 2 nitrogen and oxygen atoms in total. The molecule has 0 saturated carbocycles. The average molecular weight is 231 g/mol. The Hall–Kier alpha value is -1.31. The molecular formula is C15H21NO. The summed E-state index contributed by atoms with van der Waals surface area (Å²) in [6.07, 6.45) is 1.13. The van der Waals surface area contributed by atoms with Crippen molar-refractivity contribution in [3.63, 3.8) is 0 Å². The van der Waals surface area contributed by atoms with Crippen LogP contribution in [0.4, 0.5) is 0 Å². The molecule has 1 aliphatic rings. The predicted octanol–water partition coefficient (Wildman–Crippen LogP) is 3.05. The zero-order valence-electron chi connectivity index (χ0n) is 10.9. The molecule has 2 rings (SSSR count). The molecule has 1 saturated heterocycles. The largest absolute Gasteiger partial charge is 0.339 e. The highest BCUT2D eigenvalue weighted by molar-refractivity contribution is 5.83. The molecular weight excluding hydrogens is 210 g/mol. The van der Waals surface area contributed by atoms with Crippen LogP contribution in [0, 0.1) is 5.92 Å². The molecule has 0 aromatic heterocycles. The molecule has 1 heterocycles. The van der Waals surface area contributed by atoms with E-state index < -0.39 is 0 Å². The monoisotopic (exact) mass is 231 g/mol. The summed E-state index contributed by atoms with van der Waals surface area (Å²) in [6, 6.07) is 10.4. The molecule has 0 radical (unpaired) electrons. The summed E-state index contributed by atoms with van der Waals surface area (Å²) < 4.78 is 0. The molecule has 1 aliphatic heterocycles. The highest BCUT2D eigenvalue weighted by Crippen LogP contribution is 2.27. The molecule has 0 aliphatic carbocycles. The molecule has 17 heavy (non-hydrogen) atoms. The van der Waals surface area contributed by atoms with Crippen LogP contribution in [0.25, 0.3) is 0 Å². The highest BCUT2D eigenvalue weighted by Gasteiger charge is 2.32. The smallest absolute Gasteiger partial charge is 0.230 e. The van der Waals surface area contributed by atoms with Crippen molar-refractivity contribution in [2.45, 2.75) is 39.2 Å². The number of amides is 1. The van der Waals surface area contributed by atoms with Crippen LogP contribution in [0.2, 0.25) is 0 Å². The van der Waals surface area contributed by atoms with Gasteiger partial charge in [0.1, 0.15) is 0 Å². The minimum atomic E-state index is -0.0241. The zero-order chi connectivity index (χ0) is 12.4. The molecule has 92 valence electrons. The summed E-state index contributed by atoms with van der Waals surface area (Å²) in [4.78, 5) is 14.5. The topological polar surface area (TPSA) is 20.3 Å². The van der Waals surface area contributed by atoms with Crippen LogP contribution < -0.4 is 0 Å². The van der Waals surface area contributed by atoms with E-state index in [1.165, 1.54) is 0 Å². The average Bonchev–Trinajstić information content (AvgIpc) is 2.68. The van der Waals surface area contributed by atoms with Gasteiger partial charge in [0.25, 0.3) is 0 Å². The van der Waals surface area contributed by atoms with Crippen LogP contribution in [0.1, 0.15) is 38.7 Å². The lowest BCUT2D eigenvalue weighted by atomic mass is 9.99. The number of hydrogen-bond donors (Lipinski definition) is 0. The number of carbonyl (C=O) groups is 1. The van der Waals surface area contributed by atoms with Crippen LogP contribution in [0.5, 0.6) is 0 Å². The summed E-state index contributed by atoms with van der Waals surface area (Å²) in [6.45, 7) is 7.29. The van der Waals surface area contributed by atoms with Gasteiger partial charge in [-0.2, -0.15) is 0 Å². The van der Waals surface area contributed by atoms with Gasteiger partial charge in [-0.3, -0.25) is 4.79 Å². The predicted molar refractivity (Wildman–Crippen MR) is 69.8 cm³/mol. The van der Waals surface area contributed by atoms with E-state index in [1.807, 2.05) is 42.2 Å². The quantitative estimate of drug-likeness (QED) is 0.766. The lowest BCUT2D eigenvalue weighted by Gasteiger charge is -2.25. The van der Waals surface area contributed by atoms with E-state index in [0.29, 0.717) is 12.0 Å². The molecule has 0 bridgehead atoms. The van der Waals surface area contributed by atoms with Crippen LogP contribution in [-0.4, -0.2) is 23.4 Å². The summed E-state index contributed by atoms with van der Waals surface area (Å²) in [5, 5.41) is 0. The van der Waals surface area contributed by atoms with Crippen LogP contribution >= 0.6 is 0 Å². The Balaban J connectivity index is 2.10. The van der Waals surface area contributed by atoms with E-state index in [0.717, 1.165) is 18.5 Å². The summed E-state index contributed by atoms with van der Waals surface area (Å²) in [5.41, 5.74) is 1.12. The summed E-state index contributed by atoms with van der Waals surface area (Å²) in [5.74, 6) is 0.883. The normalized spacial score (nSPS) is 25.9. The molecule has 3 unspecified atom stereocenters. The molecule has 1 aromatic carbocycles. The van der Waals surface area contributed by atoms with Gasteiger partial charge in [0, 0.05) is 12.6 Å². The number of carbonyl (C=O) groups excluding carboxylic acids is 1. The Kier molecular flexibility index (Phi) is 3.51. The standard InChI is InChI=1S/C15H21NO/c1-11-9-12(2)16(10-11)15(17)13(3)14-7-5-4-6-8-14/h4-8,11-13H,9-10H2,1-3H3. The number of benzene rings is 1.